The van der Waals surface area contributed by atoms with Crippen molar-refractivity contribution in [3.8, 4) is 0 Å². The van der Waals surface area contributed by atoms with Crippen LogP contribution in [0.25, 0.3) is 0 Å². The van der Waals surface area contributed by atoms with Gasteiger partial charge in [0.15, 0.2) is 12.4 Å². The van der Waals surface area contributed by atoms with Gasteiger partial charge in [-0.3, -0.25) is 9.59 Å². The summed E-state index contributed by atoms with van der Waals surface area (Å²) >= 11 is 1.45. The van der Waals surface area contributed by atoms with Gasteiger partial charge in [0, 0.05) is 10.9 Å². The summed E-state index contributed by atoms with van der Waals surface area (Å²) in [4.78, 5) is 37.7. The Hall–Kier alpha value is -2.74. The number of hydrogen-bond acceptors (Lipinski definition) is 5. The molecule has 28 heavy (non-hydrogen) atoms. The zero-order valence-electron chi connectivity index (χ0n) is 16.0. The number of primary amides is 1. The standard InChI is InChI=1S/C20H23N3O4S/c1-12(2)27-20(26)17-14-7-3-4-8-15(14)28-19(17)22-16(24)11-23-9-5-6-13(10-23)18(21)25/h5-6,9-10,12H,3-4,7-8,11H2,1-2H3,(H2-,21,22,24,25,26)/p+1. The molecule has 7 nitrogen and oxygen atoms in total. The molecule has 2 amide bonds. The van der Waals surface area contributed by atoms with Gasteiger partial charge in [0.1, 0.15) is 10.6 Å². The van der Waals surface area contributed by atoms with Crippen LogP contribution in [0.5, 0.6) is 0 Å². The van der Waals surface area contributed by atoms with Crippen molar-refractivity contribution in [1.82, 2.24) is 0 Å². The number of esters is 1. The highest BCUT2D eigenvalue weighted by molar-refractivity contribution is 7.17. The molecule has 0 unspecified atom stereocenters. The lowest BCUT2D eigenvalue weighted by Gasteiger charge is -2.14. The molecule has 0 fully saturated rings. The molecule has 1 aliphatic rings. The fourth-order valence-electron chi connectivity index (χ4n) is 3.24. The van der Waals surface area contributed by atoms with Gasteiger partial charge in [-0.05, 0) is 51.2 Å². The lowest BCUT2D eigenvalue weighted by Crippen LogP contribution is -2.40. The number of nitrogens with two attached hydrogens (primary N) is 1. The molecule has 0 atom stereocenters. The summed E-state index contributed by atoms with van der Waals surface area (Å²) < 4.78 is 6.98. The number of amides is 2. The van der Waals surface area contributed by atoms with Crippen LogP contribution in [0, 0.1) is 0 Å². The molecule has 148 valence electrons. The molecular formula is C20H24N3O4S+. The molecule has 0 radical (unpaired) electrons. The van der Waals surface area contributed by atoms with Crippen LogP contribution in [0.1, 0.15) is 57.8 Å². The molecule has 1 aliphatic carbocycles. The second-order valence-corrected chi connectivity index (χ2v) is 8.15. The van der Waals surface area contributed by atoms with Crippen LogP contribution in [0.3, 0.4) is 0 Å². The van der Waals surface area contributed by atoms with Gasteiger partial charge in [-0.15, -0.1) is 11.3 Å². The lowest BCUT2D eigenvalue weighted by atomic mass is 9.95. The van der Waals surface area contributed by atoms with Crippen molar-refractivity contribution < 1.29 is 23.7 Å². The maximum Gasteiger partial charge on any atom is 0.341 e. The summed E-state index contributed by atoms with van der Waals surface area (Å²) in [6.45, 7) is 3.61. The molecule has 3 N–H and O–H groups in total. The number of ether oxygens (including phenoxy) is 1. The number of rotatable bonds is 6. The van der Waals surface area contributed by atoms with Crippen LogP contribution < -0.4 is 15.6 Å². The van der Waals surface area contributed by atoms with Gasteiger partial charge >= 0.3 is 5.97 Å². The van der Waals surface area contributed by atoms with E-state index in [-0.39, 0.29) is 18.6 Å². The van der Waals surface area contributed by atoms with E-state index in [2.05, 4.69) is 5.32 Å². The smallest absolute Gasteiger partial charge is 0.341 e. The number of thiophene rings is 1. The maximum absolute atomic E-state index is 12.6. The summed E-state index contributed by atoms with van der Waals surface area (Å²) in [5.74, 6) is -1.24. The summed E-state index contributed by atoms with van der Waals surface area (Å²) in [5.41, 5.74) is 7.09. The van der Waals surface area contributed by atoms with E-state index in [9.17, 15) is 14.4 Å². The first-order valence-electron chi connectivity index (χ1n) is 9.29. The number of nitrogens with zero attached hydrogens (tertiary/aromatic N) is 1. The van der Waals surface area contributed by atoms with Crippen molar-refractivity contribution in [2.24, 2.45) is 5.73 Å². The molecule has 0 spiro atoms. The van der Waals surface area contributed by atoms with E-state index in [1.165, 1.54) is 17.5 Å². The minimum Gasteiger partial charge on any atom is -0.459 e. The summed E-state index contributed by atoms with van der Waals surface area (Å²) in [6.07, 6.45) is 6.80. The van der Waals surface area contributed by atoms with Crippen LogP contribution in [0.4, 0.5) is 5.00 Å². The highest BCUT2D eigenvalue weighted by atomic mass is 32.1. The fourth-order valence-corrected chi connectivity index (χ4v) is 4.53. The Morgan fingerprint density at radius 1 is 1.29 bits per heavy atom. The zero-order valence-corrected chi connectivity index (χ0v) is 16.8. The third kappa shape index (κ3) is 4.56. The normalized spacial score (nSPS) is 13.1. The fraction of sp³-hybridized carbons (Fsp3) is 0.400. The monoisotopic (exact) mass is 402 g/mol. The van der Waals surface area contributed by atoms with E-state index in [4.69, 9.17) is 10.5 Å². The Balaban J connectivity index is 1.82. The maximum atomic E-state index is 12.6. The first-order valence-corrected chi connectivity index (χ1v) is 10.1. The van der Waals surface area contributed by atoms with Crippen molar-refractivity contribution in [3.63, 3.8) is 0 Å². The topological polar surface area (TPSA) is 102 Å². The first kappa shape index (κ1) is 20.0. The predicted octanol–water partition coefficient (Wildman–Crippen LogP) is 2.22. The second-order valence-electron chi connectivity index (χ2n) is 7.05. The van der Waals surface area contributed by atoms with E-state index >= 15 is 0 Å². The zero-order chi connectivity index (χ0) is 20.3. The van der Waals surface area contributed by atoms with E-state index in [1.54, 1.807) is 36.7 Å². The molecule has 3 rings (SSSR count). The Kier molecular flexibility index (Phi) is 6.08. The number of aromatic nitrogens is 1. The van der Waals surface area contributed by atoms with Crippen molar-refractivity contribution in [2.75, 3.05) is 5.32 Å². The average molecular weight is 402 g/mol. The first-order chi connectivity index (χ1) is 13.3. The summed E-state index contributed by atoms with van der Waals surface area (Å²) in [6, 6.07) is 3.24. The van der Waals surface area contributed by atoms with Crippen LogP contribution in [-0.2, 0) is 28.9 Å². The molecule has 0 aliphatic heterocycles. The molecular weight excluding hydrogens is 378 g/mol. The number of anilines is 1. The van der Waals surface area contributed by atoms with Gasteiger partial charge in [0.25, 0.3) is 11.8 Å². The molecule has 0 saturated carbocycles. The van der Waals surface area contributed by atoms with Crippen LogP contribution in [0.2, 0.25) is 0 Å². The minimum absolute atomic E-state index is 0.00234. The van der Waals surface area contributed by atoms with Crippen LogP contribution in [-0.4, -0.2) is 23.9 Å². The van der Waals surface area contributed by atoms with E-state index in [0.29, 0.717) is 16.1 Å². The van der Waals surface area contributed by atoms with E-state index < -0.39 is 11.9 Å². The van der Waals surface area contributed by atoms with Crippen molar-refractivity contribution in [2.45, 2.75) is 52.2 Å². The molecule has 2 heterocycles. The number of carbonyl (C=O) groups excluding carboxylic acids is 3. The quantitative estimate of drug-likeness (QED) is 0.571. The number of carbonyl (C=O) groups is 3. The number of nitrogens with one attached hydrogen (secondary N) is 1. The SMILES string of the molecule is CC(C)OC(=O)c1c(NC(=O)C[n+]2cccc(C(N)=O)c2)sc2c1CCCC2. The predicted molar refractivity (Wildman–Crippen MR) is 105 cm³/mol. The molecule has 2 aromatic rings. The molecule has 0 aromatic carbocycles. The Morgan fingerprint density at radius 2 is 2.04 bits per heavy atom. The van der Waals surface area contributed by atoms with Crippen molar-refractivity contribution >= 4 is 34.1 Å². The van der Waals surface area contributed by atoms with Gasteiger partial charge in [0.2, 0.25) is 6.54 Å². The number of aryl methyl sites for hydroxylation is 1. The summed E-state index contributed by atoms with van der Waals surface area (Å²) in [5, 5.41) is 3.40. The van der Waals surface area contributed by atoms with Gasteiger partial charge in [-0.2, -0.15) is 4.57 Å². The van der Waals surface area contributed by atoms with E-state index in [1.807, 2.05) is 0 Å². The highest BCUT2D eigenvalue weighted by Crippen LogP contribution is 2.38. The van der Waals surface area contributed by atoms with Crippen LogP contribution in [0.15, 0.2) is 24.5 Å². The van der Waals surface area contributed by atoms with Gasteiger partial charge < -0.3 is 15.8 Å². The molecule has 2 aromatic heterocycles. The molecule has 0 bridgehead atoms. The largest absolute Gasteiger partial charge is 0.459 e. The second kappa shape index (κ2) is 8.52. The number of pyridine rings is 1. The van der Waals surface area contributed by atoms with Crippen molar-refractivity contribution in [1.29, 1.82) is 0 Å². The lowest BCUT2D eigenvalue weighted by molar-refractivity contribution is -0.684. The summed E-state index contributed by atoms with van der Waals surface area (Å²) in [7, 11) is 0. The Morgan fingerprint density at radius 3 is 2.75 bits per heavy atom. The third-order valence-electron chi connectivity index (χ3n) is 4.44. The minimum atomic E-state index is -0.556. The number of fused-ring (bicyclic) bond motifs is 1. The third-order valence-corrected chi connectivity index (χ3v) is 5.65. The van der Waals surface area contributed by atoms with E-state index in [0.717, 1.165) is 36.1 Å². The average Bonchev–Trinajstić information content (AvgIpc) is 2.98. The molecule has 8 heteroatoms. The Labute approximate surface area is 167 Å². The van der Waals surface area contributed by atoms with Crippen LogP contribution >= 0.6 is 11.3 Å². The number of hydrogen-bond donors (Lipinski definition) is 2. The Bertz CT molecular complexity index is 920. The van der Waals surface area contributed by atoms with Gasteiger partial charge in [0.05, 0.1) is 11.7 Å². The van der Waals surface area contributed by atoms with Gasteiger partial charge in [-0.1, -0.05) is 0 Å². The highest BCUT2D eigenvalue weighted by Gasteiger charge is 2.28. The van der Waals surface area contributed by atoms with Crippen molar-refractivity contribution in [3.05, 3.63) is 46.1 Å². The molecule has 0 saturated heterocycles. The van der Waals surface area contributed by atoms with Gasteiger partial charge in [-0.25, -0.2) is 4.79 Å².